The lowest BCUT2D eigenvalue weighted by Crippen LogP contribution is -2.28. The van der Waals surface area contributed by atoms with Gasteiger partial charge in [-0.05, 0) is 54.8 Å². The van der Waals surface area contributed by atoms with E-state index in [0.717, 1.165) is 0 Å². The summed E-state index contributed by atoms with van der Waals surface area (Å²) in [4.78, 5) is 15.6. The number of rotatable bonds is 5. The average molecular weight is 632 g/mol. The third kappa shape index (κ3) is 4.42. The molecule has 0 bridgehead atoms. The first-order chi connectivity index (χ1) is 20.6. The second-order valence-electron chi connectivity index (χ2n) is 10.6. The molecule has 2 atom stereocenters. The smallest absolute Gasteiger partial charge is 0.300 e. The summed E-state index contributed by atoms with van der Waals surface area (Å²) in [6.07, 6.45) is 5.24. The fraction of sp³-hybridized carbons (Fsp3) is 0.161. The first-order valence-corrected chi connectivity index (χ1v) is 16.1. The van der Waals surface area contributed by atoms with Crippen LogP contribution in [0.25, 0.3) is 16.7 Å². The molecular formula is C31H25N3O8S2. The fourth-order valence-electron chi connectivity index (χ4n) is 5.71. The van der Waals surface area contributed by atoms with E-state index in [9.17, 15) is 30.7 Å². The average Bonchev–Trinajstić information content (AvgIpc) is 3.39. The summed E-state index contributed by atoms with van der Waals surface area (Å²) in [7, 11) is -10.0. The molecule has 0 aromatic heterocycles. The number of hydrogen-bond acceptors (Lipinski definition) is 8. The first kappa shape index (κ1) is 29.3. The summed E-state index contributed by atoms with van der Waals surface area (Å²) in [5, 5.41) is 5.68. The molecule has 3 aromatic rings. The van der Waals surface area contributed by atoms with Gasteiger partial charge < -0.3 is 15.4 Å². The minimum absolute atomic E-state index is 0.0206. The highest BCUT2D eigenvalue weighted by molar-refractivity contribution is 7.86. The van der Waals surface area contributed by atoms with Crippen molar-refractivity contribution in [3.8, 4) is 23.8 Å². The van der Waals surface area contributed by atoms with Crippen LogP contribution in [-0.2, 0) is 20.2 Å². The van der Waals surface area contributed by atoms with Gasteiger partial charge in [0.2, 0.25) is 0 Å². The Hall–Kier alpha value is -4.74. The lowest BCUT2D eigenvalue weighted by Gasteiger charge is -2.26. The monoisotopic (exact) mass is 631 g/mol. The Morgan fingerprint density at radius 1 is 1.00 bits per heavy atom. The molecule has 3 aliphatic heterocycles. The van der Waals surface area contributed by atoms with Crippen molar-refractivity contribution in [1.29, 1.82) is 0 Å². The van der Waals surface area contributed by atoms with Crippen LogP contribution in [0.5, 0.6) is 11.5 Å². The number of carbonyl (C=O) groups excluding carboxylic acids is 1. The maximum atomic E-state index is 12.9. The summed E-state index contributed by atoms with van der Waals surface area (Å²) in [6, 6.07) is 8.58. The minimum Gasteiger partial charge on any atom is -0.453 e. The zero-order chi connectivity index (χ0) is 31.9. The number of nitrogens with one attached hydrogen (secondary N) is 2. The van der Waals surface area contributed by atoms with E-state index in [4.69, 9.17) is 11.2 Å². The van der Waals surface area contributed by atoms with Gasteiger partial charge in [0, 0.05) is 39.1 Å². The van der Waals surface area contributed by atoms with Gasteiger partial charge in [0.15, 0.2) is 21.3 Å². The fourth-order valence-corrected chi connectivity index (χ4v) is 7.32. The molecule has 3 heterocycles. The van der Waals surface area contributed by atoms with Gasteiger partial charge in [-0.3, -0.25) is 18.9 Å². The third-order valence-electron chi connectivity index (χ3n) is 7.89. The Labute approximate surface area is 253 Å². The van der Waals surface area contributed by atoms with Crippen molar-refractivity contribution in [2.75, 3.05) is 11.9 Å². The summed E-state index contributed by atoms with van der Waals surface area (Å²) in [5.74, 6) is 1.15. The van der Waals surface area contributed by atoms with Crippen LogP contribution >= 0.6 is 0 Å². The van der Waals surface area contributed by atoms with Gasteiger partial charge in [0.1, 0.15) is 0 Å². The van der Waals surface area contributed by atoms with E-state index in [1.165, 1.54) is 12.1 Å². The Morgan fingerprint density at radius 2 is 1.66 bits per heavy atom. The molecule has 224 valence electrons. The molecule has 0 aliphatic carbocycles. The molecule has 2 unspecified atom stereocenters. The number of anilines is 1. The highest BCUT2D eigenvalue weighted by atomic mass is 32.2. The molecule has 4 N–H and O–H groups in total. The predicted molar refractivity (Wildman–Crippen MR) is 163 cm³/mol. The molecular weight excluding hydrogens is 606 g/mol. The van der Waals surface area contributed by atoms with Gasteiger partial charge in [-0.1, -0.05) is 31.2 Å². The lowest BCUT2D eigenvalue weighted by atomic mass is 9.88. The highest BCUT2D eigenvalue weighted by Gasteiger charge is 2.39. The zero-order valence-corrected chi connectivity index (χ0v) is 25.1. The lowest BCUT2D eigenvalue weighted by molar-refractivity contribution is 0.0958. The summed E-state index contributed by atoms with van der Waals surface area (Å²) < 4.78 is 78.7. The Bertz CT molecular complexity index is 2270. The number of amides is 1. The molecule has 6 rings (SSSR count). The SMILES string of the molecule is C#CCNC(=O)c1ccc(C2=c3cc4c(c(S(=O)(=O)O)c3Oc3c2cc2c(c3S(=O)(=O)O)NC(C)C2=C)=NC(C)C4=C)cc1. The molecule has 3 aromatic carbocycles. The van der Waals surface area contributed by atoms with E-state index < -0.39 is 48.0 Å². The van der Waals surface area contributed by atoms with Gasteiger partial charge in [0.05, 0.1) is 23.6 Å². The van der Waals surface area contributed by atoms with E-state index in [2.05, 4.69) is 34.7 Å². The quantitative estimate of drug-likeness (QED) is 0.191. The standard InChI is InChI=1S/C31H25N3O8S2/c1-6-11-32-31(35)19-9-7-18(8-10-19)24-22-12-20-14(2)16(4)33-25(20)29(43(36,37)38)27(22)42-28-23(24)13-21-15(3)17(5)34-26(21)30(28)44(39,40)41/h1,7-10,12-13,16-17,33H,2-3,11H2,4-5H3,(H,32,35)(H,36,37,38)(H,39,40,41). The molecule has 0 saturated carbocycles. The van der Waals surface area contributed by atoms with Crippen LogP contribution in [0.15, 0.2) is 64.3 Å². The molecule has 44 heavy (non-hydrogen) atoms. The second kappa shape index (κ2) is 9.90. The second-order valence-corrected chi connectivity index (χ2v) is 13.3. The minimum atomic E-state index is -5.01. The maximum Gasteiger partial charge on any atom is 0.300 e. The zero-order valence-electron chi connectivity index (χ0n) is 23.4. The largest absolute Gasteiger partial charge is 0.453 e. The van der Waals surface area contributed by atoms with E-state index in [1.54, 1.807) is 38.1 Å². The molecule has 0 radical (unpaired) electrons. The Morgan fingerprint density at radius 3 is 2.27 bits per heavy atom. The molecule has 0 spiro atoms. The maximum absolute atomic E-state index is 12.9. The van der Waals surface area contributed by atoms with Crippen LogP contribution < -0.4 is 25.9 Å². The summed E-state index contributed by atoms with van der Waals surface area (Å²) in [6.45, 7) is 11.6. The van der Waals surface area contributed by atoms with E-state index in [1.807, 2.05) is 0 Å². The van der Waals surface area contributed by atoms with Crippen molar-refractivity contribution in [2.24, 2.45) is 4.99 Å². The van der Waals surface area contributed by atoms with Crippen molar-refractivity contribution >= 4 is 48.6 Å². The van der Waals surface area contributed by atoms with Crippen molar-refractivity contribution in [1.82, 2.24) is 5.32 Å². The van der Waals surface area contributed by atoms with Crippen LogP contribution in [-0.4, -0.2) is 50.5 Å². The van der Waals surface area contributed by atoms with Crippen LogP contribution in [0.3, 0.4) is 0 Å². The first-order valence-electron chi connectivity index (χ1n) is 13.2. The normalized spacial score (nSPS) is 18.2. The molecule has 11 nitrogen and oxygen atoms in total. The Kier molecular flexibility index (Phi) is 6.60. The van der Waals surface area contributed by atoms with Gasteiger partial charge in [-0.15, -0.1) is 6.42 Å². The van der Waals surface area contributed by atoms with E-state index >= 15 is 0 Å². The third-order valence-corrected chi connectivity index (χ3v) is 9.69. The van der Waals surface area contributed by atoms with Gasteiger partial charge in [-0.2, -0.15) is 16.8 Å². The van der Waals surface area contributed by atoms with Crippen LogP contribution in [0, 0.1) is 12.3 Å². The van der Waals surface area contributed by atoms with Crippen LogP contribution in [0.2, 0.25) is 0 Å². The van der Waals surface area contributed by atoms with Crippen LogP contribution in [0.1, 0.15) is 46.5 Å². The predicted octanol–water partition coefficient (Wildman–Crippen LogP) is 2.76. The number of carbonyl (C=O) groups is 1. The summed E-state index contributed by atoms with van der Waals surface area (Å²) in [5.41, 5.74) is 3.06. The highest BCUT2D eigenvalue weighted by Crippen LogP contribution is 2.50. The Balaban J connectivity index is 1.78. The molecule has 1 amide bonds. The topological polar surface area (TPSA) is 171 Å². The van der Waals surface area contributed by atoms with E-state index in [-0.39, 0.29) is 45.4 Å². The van der Waals surface area contributed by atoms with Gasteiger partial charge in [0.25, 0.3) is 26.1 Å². The molecule has 0 saturated heterocycles. The number of fused-ring (bicyclic) bond motifs is 4. The van der Waals surface area contributed by atoms with Gasteiger partial charge in [-0.25, -0.2) is 0 Å². The number of benzene rings is 3. The molecule has 0 fully saturated rings. The van der Waals surface area contributed by atoms with Crippen molar-refractivity contribution < 1.29 is 35.5 Å². The molecule has 13 heteroatoms. The number of terminal acetylenes is 1. The van der Waals surface area contributed by atoms with E-state index in [0.29, 0.717) is 33.4 Å². The van der Waals surface area contributed by atoms with Crippen molar-refractivity contribution in [3.05, 3.63) is 87.9 Å². The van der Waals surface area contributed by atoms with Crippen molar-refractivity contribution in [2.45, 2.75) is 35.7 Å². The van der Waals surface area contributed by atoms with Crippen molar-refractivity contribution in [3.63, 3.8) is 0 Å². The number of hydrogen-bond donors (Lipinski definition) is 4. The van der Waals surface area contributed by atoms with Crippen LogP contribution in [0.4, 0.5) is 5.69 Å². The van der Waals surface area contributed by atoms with Gasteiger partial charge >= 0.3 is 0 Å². The summed E-state index contributed by atoms with van der Waals surface area (Å²) >= 11 is 0. The number of ether oxygens (including phenoxy) is 1. The number of nitrogens with zero attached hydrogens (tertiary/aromatic N) is 1. The molecule has 3 aliphatic rings.